The normalized spacial score (nSPS) is 28.7. The van der Waals surface area contributed by atoms with Crippen molar-refractivity contribution >= 4 is 9.84 Å². The van der Waals surface area contributed by atoms with Gasteiger partial charge in [0.15, 0.2) is 14.8 Å². The number of sulfone groups is 1. The summed E-state index contributed by atoms with van der Waals surface area (Å²) in [6, 6.07) is 8.01. The van der Waals surface area contributed by atoms with Crippen LogP contribution in [0.4, 0.5) is 26.3 Å². The first-order valence-electron chi connectivity index (χ1n) is 8.21. The molecular formula is C17H20F6O3S. The third-order valence-corrected chi connectivity index (χ3v) is 6.73. The molecule has 1 aromatic rings. The van der Waals surface area contributed by atoms with Crippen molar-refractivity contribution < 1.29 is 39.5 Å². The zero-order valence-electron chi connectivity index (χ0n) is 14.6. The van der Waals surface area contributed by atoms with Crippen molar-refractivity contribution in [3.63, 3.8) is 0 Å². The number of hydrogen-bond acceptors (Lipinski definition) is 3. The molecule has 1 aliphatic rings. The highest BCUT2D eigenvalue weighted by atomic mass is 32.2. The molecule has 10 heteroatoms. The van der Waals surface area contributed by atoms with Crippen LogP contribution in [0.1, 0.15) is 37.9 Å². The molecule has 1 aromatic carbocycles. The lowest BCUT2D eigenvalue weighted by molar-refractivity contribution is -0.245. The molecule has 0 bridgehead atoms. The summed E-state index contributed by atoms with van der Waals surface area (Å²) in [5, 5.41) is 0. The van der Waals surface area contributed by atoms with E-state index in [2.05, 4.69) is 0 Å². The lowest BCUT2D eigenvalue weighted by atomic mass is 9.78. The molecule has 27 heavy (non-hydrogen) atoms. The molecule has 0 aliphatic heterocycles. The predicted octanol–water partition coefficient (Wildman–Crippen LogP) is 5.05. The van der Waals surface area contributed by atoms with Gasteiger partial charge in [-0.2, -0.15) is 26.3 Å². The van der Waals surface area contributed by atoms with E-state index in [1.807, 2.05) is 0 Å². The summed E-state index contributed by atoms with van der Waals surface area (Å²) in [5.41, 5.74) is 0.457. The van der Waals surface area contributed by atoms with Crippen molar-refractivity contribution in [1.82, 2.24) is 0 Å². The molecule has 2 rings (SSSR count). The van der Waals surface area contributed by atoms with Gasteiger partial charge in [-0.05, 0) is 18.9 Å². The fourth-order valence-electron chi connectivity index (χ4n) is 3.44. The summed E-state index contributed by atoms with van der Waals surface area (Å²) in [7, 11) is -4.40. The number of rotatable bonds is 4. The third kappa shape index (κ3) is 4.96. The molecule has 0 heterocycles. The first kappa shape index (κ1) is 22.0. The van der Waals surface area contributed by atoms with Crippen molar-refractivity contribution in [2.24, 2.45) is 11.8 Å². The van der Waals surface area contributed by atoms with E-state index in [1.54, 1.807) is 30.3 Å². The van der Waals surface area contributed by atoms with Gasteiger partial charge in [-0.15, -0.1) is 0 Å². The van der Waals surface area contributed by atoms with Gasteiger partial charge in [0, 0.05) is 19.1 Å². The standard InChI is InChI=1S/C17H20F6O3S/c1-11(12-6-4-3-5-7-12)26-15(27(2,24)25)9-13(16(18,19)20)8-14(10-15)17(21,22)23/h3-7,11,13-14H,8-10H2,1-2H3. The van der Waals surface area contributed by atoms with Crippen molar-refractivity contribution in [2.75, 3.05) is 6.26 Å². The highest BCUT2D eigenvalue weighted by Crippen LogP contribution is 2.53. The minimum Gasteiger partial charge on any atom is -0.351 e. The van der Waals surface area contributed by atoms with E-state index in [1.165, 1.54) is 6.92 Å². The van der Waals surface area contributed by atoms with Crippen LogP contribution in [-0.4, -0.2) is 32.0 Å². The van der Waals surface area contributed by atoms with Crippen LogP contribution in [0.2, 0.25) is 0 Å². The first-order chi connectivity index (χ1) is 12.2. The van der Waals surface area contributed by atoms with Gasteiger partial charge in [-0.3, -0.25) is 0 Å². The Kier molecular flexibility index (Phi) is 5.93. The van der Waals surface area contributed by atoms with E-state index >= 15 is 0 Å². The number of ether oxygens (including phenoxy) is 1. The Morgan fingerprint density at radius 3 is 1.81 bits per heavy atom. The number of benzene rings is 1. The maximum Gasteiger partial charge on any atom is 0.391 e. The summed E-state index contributed by atoms with van der Waals surface area (Å²) in [5.74, 6) is -4.84. The van der Waals surface area contributed by atoms with Crippen LogP contribution < -0.4 is 0 Å². The molecule has 1 saturated carbocycles. The summed E-state index contributed by atoms with van der Waals surface area (Å²) in [6.07, 6.45) is -13.6. The van der Waals surface area contributed by atoms with Crippen LogP contribution in [-0.2, 0) is 14.6 Å². The zero-order chi connectivity index (χ0) is 20.7. The van der Waals surface area contributed by atoms with Crippen molar-refractivity contribution in [1.29, 1.82) is 0 Å². The zero-order valence-corrected chi connectivity index (χ0v) is 15.5. The predicted molar refractivity (Wildman–Crippen MR) is 86.5 cm³/mol. The van der Waals surface area contributed by atoms with Gasteiger partial charge in [0.05, 0.1) is 17.9 Å². The van der Waals surface area contributed by atoms with Crippen molar-refractivity contribution in [3.8, 4) is 0 Å². The Bertz CT molecular complexity index is 720. The molecule has 154 valence electrons. The second kappa shape index (κ2) is 7.27. The minimum atomic E-state index is -4.96. The van der Waals surface area contributed by atoms with Gasteiger partial charge < -0.3 is 4.74 Å². The van der Waals surface area contributed by atoms with Crippen LogP contribution in [0.25, 0.3) is 0 Å². The second-order valence-electron chi connectivity index (χ2n) is 6.97. The van der Waals surface area contributed by atoms with Gasteiger partial charge in [0.1, 0.15) is 0 Å². The molecule has 0 spiro atoms. The summed E-state index contributed by atoms with van der Waals surface area (Å²) >= 11 is 0. The quantitative estimate of drug-likeness (QED) is 0.643. The Balaban J connectivity index is 2.48. The molecule has 0 radical (unpaired) electrons. The highest BCUT2D eigenvalue weighted by Gasteiger charge is 2.60. The van der Waals surface area contributed by atoms with Crippen molar-refractivity contribution in [3.05, 3.63) is 35.9 Å². The molecule has 0 amide bonds. The fourth-order valence-corrected chi connectivity index (χ4v) is 4.77. The van der Waals surface area contributed by atoms with E-state index in [9.17, 15) is 34.8 Å². The molecule has 0 aromatic heterocycles. The van der Waals surface area contributed by atoms with Crippen LogP contribution in [0.3, 0.4) is 0 Å². The number of halogens is 6. The Labute approximate surface area is 153 Å². The Morgan fingerprint density at radius 1 is 1.00 bits per heavy atom. The lowest BCUT2D eigenvalue weighted by Gasteiger charge is -2.45. The molecule has 3 unspecified atom stereocenters. The largest absolute Gasteiger partial charge is 0.391 e. The monoisotopic (exact) mass is 418 g/mol. The van der Waals surface area contributed by atoms with Crippen LogP contribution >= 0.6 is 0 Å². The molecule has 3 nitrogen and oxygen atoms in total. The van der Waals surface area contributed by atoms with E-state index in [0.717, 1.165) is 0 Å². The number of hydrogen-bond donors (Lipinski definition) is 0. The molecule has 1 aliphatic carbocycles. The van der Waals surface area contributed by atoms with Gasteiger partial charge in [0.2, 0.25) is 0 Å². The molecule has 0 saturated heterocycles. The summed E-state index contributed by atoms with van der Waals surface area (Å²) in [4.78, 5) is -2.57. The third-order valence-electron chi connectivity index (χ3n) is 4.95. The second-order valence-corrected chi connectivity index (χ2v) is 9.26. The average molecular weight is 418 g/mol. The Hall–Kier alpha value is -1.29. The molecule has 1 fully saturated rings. The van der Waals surface area contributed by atoms with Crippen LogP contribution in [0.15, 0.2) is 30.3 Å². The first-order valence-corrected chi connectivity index (χ1v) is 10.1. The average Bonchev–Trinajstić information content (AvgIpc) is 2.52. The molecular weight excluding hydrogens is 398 g/mol. The summed E-state index contributed by atoms with van der Waals surface area (Å²) < 4.78 is 110. The molecule has 0 N–H and O–H groups in total. The smallest absolute Gasteiger partial charge is 0.351 e. The van der Waals surface area contributed by atoms with Crippen molar-refractivity contribution in [2.45, 2.75) is 49.6 Å². The van der Waals surface area contributed by atoms with E-state index in [4.69, 9.17) is 4.74 Å². The van der Waals surface area contributed by atoms with E-state index < -0.39 is 64.3 Å². The van der Waals surface area contributed by atoms with Crippen LogP contribution in [0.5, 0.6) is 0 Å². The van der Waals surface area contributed by atoms with Gasteiger partial charge in [0.25, 0.3) is 0 Å². The van der Waals surface area contributed by atoms with Gasteiger partial charge in [-0.25, -0.2) is 8.42 Å². The topological polar surface area (TPSA) is 43.4 Å². The Morgan fingerprint density at radius 2 is 1.44 bits per heavy atom. The summed E-state index contributed by atoms with van der Waals surface area (Å²) in [6.45, 7) is 1.40. The highest BCUT2D eigenvalue weighted by molar-refractivity contribution is 7.91. The lowest BCUT2D eigenvalue weighted by Crippen LogP contribution is -2.53. The van der Waals surface area contributed by atoms with E-state index in [0.29, 0.717) is 11.8 Å². The van der Waals surface area contributed by atoms with Gasteiger partial charge >= 0.3 is 12.4 Å². The van der Waals surface area contributed by atoms with E-state index in [-0.39, 0.29) is 0 Å². The maximum absolute atomic E-state index is 13.3. The fraction of sp³-hybridized carbons (Fsp3) is 0.647. The minimum absolute atomic E-state index is 0.457. The maximum atomic E-state index is 13.3. The molecule has 3 atom stereocenters. The van der Waals surface area contributed by atoms with Gasteiger partial charge in [-0.1, -0.05) is 30.3 Å². The van der Waals surface area contributed by atoms with Crippen LogP contribution in [0, 0.1) is 11.8 Å². The SMILES string of the molecule is CC(OC1(S(C)(=O)=O)CC(C(F)(F)F)CC(C(F)(F)F)C1)c1ccccc1. The number of alkyl halides is 6.